The first-order chi connectivity index (χ1) is 11.7. The average molecular weight is 337 g/mol. The number of carbonyl (C=O) groups excluding carboxylic acids is 2. The van der Waals surface area contributed by atoms with E-state index in [4.69, 9.17) is 0 Å². The number of anilines is 1. The molecule has 3 rings (SSSR count). The smallest absolute Gasteiger partial charge is 0.257 e. The van der Waals surface area contributed by atoms with Crippen LogP contribution in [0.3, 0.4) is 0 Å². The zero-order valence-electron chi connectivity index (χ0n) is 14.3. The summed E-state index contributed by atoms with van der Waals surface area (Å²) in [6, 6.07) is 9.69. The van der Waals surface area contributed by atoms with Crippen LogP contribution in [0.25, 0.3) is 11.0 Å². The van der Waals surface area contributed by atoms with E-state index in [1.165, 1.54) is 18.3 Å². The number of aromatic amines is 1. The van der Waals surface area contributed by atoms with Crippen molar-refractivity contribution in [2.24, 2.45) is 5.41 Å². The molecule has 0 atom stereocenters. The van der Waals surface area contributed by atoms with Crippen LogP contribution in [0.4, 0.5) is 5.69 Å². The molecule has 0 bridgehead atoms. The van der Waals surface area contributed by atoms with Crippen molar-refractivity contribution in [1.82, 2.24) is 9.97 Å². The van der Waals surface area contributed by atoms with E-state index < -0.39 is 5.41 Å². The molecule has 1 amide bonds. The Balaban J connectivity index is 1.88. The fourth-order valence-electron chi connectivity index (χ4n) is 2.45. The minimum atomic E-state index is -0.504. The fraction of sp³-hybridized carbons (Fsp3) is 0.211. The van der Waals surface area contributed by atoms with Crippen LogP contribution in [0.1, 0.15) is 41.6 Å². The molecule has 3 N–H and O–H groups in total. The summed E-state index contributed by atoms with van der Waals surface area (Å²) in [4.78, 5) is 32.0. The van der Waals surface area contributed by atoms with Gasteiger partial charge in [0.2, 0.25) is 0 Å². The first-order valence-corrected chi connectivity index (χ1v) is 7.88. The van der Waals surface area contributed by atoms with Gasteiger partial charge in [0.25, 0.3) is 5.91 Å². The molecule has 0 aliphatic rings. The number of fused-ring (bicyclic) bond motifs is 1. The van der Waals surface area contributed by atoms with E-state index in [9.17, 15) is 14.7 Å². The predicted molar refractivity (Wildman–Crippen MR) is 95.9 cm³/mol. The van der Waals surface area contributed by atoms with Gasteiger partial charge in [-0.1, -0.05) is 26.8 Å². The van der Waals surface area contributed by atoms with Gasteiger partial charge >= 0.3 is 0 Å². The molecule has 0 unspecified atom stereocenters. The van der Waals surface area contributed by atoms with Crippen molar-refractivity contribution >= 4 is 28.4 Å². The summed E-state index contributed by atoms with van der Waals surface area (Å²) < 4.78 is 0. The van der Waals surface area contributed by atoms with Gasteiger partial charge in [-0.25, -0.2) is 4.98 Å². The molecule has 6 nitrogen and oxygen atoms in total. The van der Waals surface area contributed by atoms with Gasteiger partial charge in [-0.05, 0) is 24.3 Å². The number of ketones is 1. The maximum Gasteiger partial charge on any atom is 0.257 e. The summed E-state index contributed by atoms with van der Waals surface area (Å²) >= 11 is 0. The molecule has 1 aromatic carbocycles. The number of carbonyl (C=O) groups is 2. The van der Waals surface area contributed by atoms with Crippen LogP contribution in [0.2, 0.25) is 0 Å². The van der Waals surface area contributed by atoms with Gasteiger partial charge in [0.15, 0.2) is 5.78 Å². The normalized spacial score (nSPS) is 11.5. The first-order valence-electron chi connectivity index (χ1n) is 7.88. The Kier molecular flexibility index (Phi) is 4.04. The number of nitrogens with one attached hydrogen (secondary N) is 2. The molecule has 0 aliphatic heterocycles. The van der Waals surface area contributed by atoms with Gasteiger partial charge in [0.05, 0.1) is 11.3 Å². The van der Waals surface area contributed by atoms with E-state index in [-0.39, 0.29) is 17.4 Å². The van der Waals surface area contributed by atoms with Crippen molar-refractivity contribution in [1.29, 1.82) is 0 Å². The maximum absolute atomic E-state index is 12.4. The van der Waals surface area contributed by atoms with Crippen molar-refractivity contribution in [2.75, 3.05) is 5.32 Å². The third-order valence-electron chi connectivity index (χ3n) is 3.76. The number of aromatic nitrogens is 2. The van der Waals surface area contributed by atoms with E-state index in [0.717, 1.165) is 0 Å². The second-order valence-electron chi connectivity index (χ2n) is 6.93. The standard InChI is InChI=1S/C19H19N3O3/c1-19(2,3)16(24)15-8-11-7-12(10-20-17(11)22-15)18(25)21-13-5-4-6-14(23)9-13/h4-10,23H,1-3H3,(H,20,22)(H,21,25). The van der Waals surface area contributed by atoms with Gasteiger partial charge < -0.3 is 15.4 Å². The van der Waals surface area contributed by atoms with Crippen LogP contribution in [0.15, 0.2) is 42.6 Å². The number of hydrogen-bond acceptors (Lipinski definition) is 4. The van der Waals surface area contributed by atoms with E-state index >= 15 is 0 Å². The number of rotatable bonds is 3. The Labute approximate surface area is 144 Å². The number of amides is 1. The number of benzene rings is 1. The van der Waals surface area contributed by atoms with Crippen molar-refractivity contribution in [2.45, 2.75) is 20.8 Å². The third-order valence-corrected chi connectivity index (χ3v) is 3.76. The predicted octanol–water partition coefficient (Wildman–Crippen LogP) is 3.75. The zero-order valence-corrected chi connectivity index (χ0v) is 14.3. The first kappa shape index (κ1) is 16.7. The Morgan fingerprint density at radius 3 is 2.60 bits per heavy atom. The lowest BCUT2D eigenvalue weighted by molar-refractivity contribution is 0.0853. The van der Waals surface area contributed by atoms with E-state index in [0.29, 0.717) is 28.0 Å². The highest BCUT2D eigenvalue weighted by Gasteiger charge is 2.24. The molecule has 2 heterocycles. The summed E-state index contributed by atoms with van der Waals surface area (Å²) in [5, 5.41) is 12.9. The third kappa shape index (κ3) is 3.52. The van der Waals surface area contributed by atoms with Crippen LogP contribution in [0, 0.1) is 5.41 Å². The minimum Gasteiger partial charge on any atom is -0.508 e. The highest BCUT2D eigenvalue weighted by Crippen LogP contribution is 2.24. The van der Waals surface area contributed by atoms with Crippen molar-refractivity contribution in [3.05, 3.63) is 53.9 Å². The topological polar surface area (TPSA) is 95.1 Å². The highest BCUT2D eigenvalue weighted by molar-refractivity contribution is 6.07. The van der Waals surface area contributed by atoms with E-state index in [1.54, 1.807) is 24.3 Å². The molecule has 3 aromatic rings. The molecule has 128 valence electrons. The molecule has 0 spiro atoms. The van der Waals surface area contributed by atoms with Crippen LogP contribution < -0.4 is 5.32 Å². The van der Waals surface area contributed by atoms with Gasteiger partial charge in [0, 0.05) is 28.8 Å². The van der Waals surface area contributed by atoms with Crippen molar-refractivity contribution in [3.63, 3.8) is 0 Å². The molecular formula is C19H19N3O3. The average Bonchev–Trinajstić information content (AvgIpc) is 2.96. The van der Waals surface area contributed by atoms with Crippen LogP contribution in [0.5, 0.6) is 5.75 Å². The SMILES string of the molecule is CC(C)(C)C(=O)c1cc2cc(C(=O)Nc3cccc(O)c3)cnc2[nH]1. The summed E-state index contributed by atoms with van der Waals surface area (Å²) in [5.41, 5.74) is 1.38. The Morgan fingerprint density at radius 1 is 1.16 bits per heavy atom. The fourth-order valence-corrected chi connectivity index (χ4v) is 2.45. The lowest BCUT2D eigenvalue weighted by Gasteiger charge is -2.14. The van der Waals surface area contributed by atoms with Crippen molar-refractivity contribution in [3.8, 4) is 5.75 Å². The summed E-state index contributed by atoms with van der Waals surface area (Å²) in [7, 11) is 0. The number of pyridine rings is 1. The summed E-state index contributed by atoms with van der Waals surface area (Å²) in [6.07, 6.45) is 1.45. The molecule has 0 radical (unpaired) electrons. The van der Waals surface area contributed by atoms with Gasteiger partial charge in [-0.2, -0.15) is 0 Å². The number of phenolic OH excluding ortho intramolecular Hbond substituents is 1. The van der Waals surface area contributed by atoms with Crippen LogP contribution >= 0.6 is 0 Å². The second-order valence-corrected chi connectivity index (χ2v) is 6.93. The number of phenols is 1. The van der Waals surface area contributed by atoms with Crippen LogP contribution in [-0.4, -0.2) is 26.8 Å². The molecule has 6 heteroatoms. The molecule has 25 heavy (non-hydrogen) atoms. The Bertz CT molecular complexity index is 967. The largest absolute Gasteiger partial charge is 0.508 e. The van der Waals surface area contributed by atoms with E-state index in [1.807, 2.05) is 20.8 Å². The molecular weight excluding hydrogens is 318 g/mol. The molecule has 0 saturated heterocycles. The molecule has 2 aromatic heterocycles. The lowest BCUT2D eigenvalue weighted by atomic mass is 9.89. The minimum absolute atomic E-state index is 0.0173. The number of aromatic hydroxyl groups is 1. The highest BCUT2D eigenvalue weighted by atomic mass is 16.3. The Hall–Kier alpha value is -3.15. The monoisotopic (exact) mass is 337 g/mol. The molecule has 0 fully saturated rings. The summed E-state index contributed by atoms with van der Waals surface area (Å²) in [6.45, 7) is 5.55. The number of hydrogen-bond donors (Lipinski definition) is 3. The molecule has 0 aliphatic carbocycles. The summed E-state index contributed by atoms with van der Waals surface area (Å²) in [5.74, 6) is -0.288. The van der Waals surface area contributed by atoms with Gasteiger partial charge in [-0.15, -0.1) is 0 Å². The quantitative estimate of drug-likeness (QED) is 0.634. The van der Waals surface area contributed by atoms with Crippen LogP contribution in [-0.2, 0) is 0 Å². The number of Topliss-reactive ketones (excluding diaryl/α,β-unsaturated/α-hetero) is 1. The van der Waals surface area contributed by atoms with Crippen molar-refractivity contribution < 1.29 is 14.7 Å². The maximum atomic E-state index is 12.4. The number of H-pyrrole nitrogens is 1. The van der Waals surface area contributed by atoms with Gasteiger partial charge in [-0.3, -0.25) is 9.59 Å². The molecule has 0 saturated carbocycles. The van der Waals surface area contributed by atoms with Gasteiger partial charge in [0.1, 0.15) is 11.4 Å². The Morgan fingerprint density at radius 2 is 1.92 bits per heavy atom. The lowest BCUT2D eigenvalue weighted by Crippen LogP contribution is -2.20. The zero-order chi connectivity index (χ0) is 18.2. The van der Waals surface area contributed by atoms with E-state index in [2.05, 4.69) is 15.3 Å². The second kappa shape index (κ2) is 6.05. The number of nitrogens with zero attached hydrogens (tertiary/aromatic N) is 1.